The summed E-state index contributed by atoms with van der Waals surface area (Å²) < 4.78 is 2.18. The minimum Gasteiger partial charge on any atom is -0.331 e. The Morgan fingerprint density at radius 3 is 2.52 bits per heavy atom. The van der Waals surface area contributed by atoms with Gasteiger partial charge in [0, 0.05) is 37.3 Å². The van der Waals surface area contributed by atoms with Crippen molar-refractivity contribution in [3.05, 3.63) is 78.2 Å². The van der Waals surface area contributed by atoms with E-state index in [0.717, 1.165) is 50.0 Å². The molecule has 2 aromatic carbocycles. The Labute approximate surface area is 195 Å². The Balaban J connectivity index is 1.50. The average molecular weight is 444 g/mol. The van der Waals surface area contributed by atoms with Crippen molar-refractivity contribution < 1.29 is 4.79 Å². The number of nitrogens with one attached hydrogen (secondary N) is 1. The Hall–Kier alpha value is -2.96. The monoisotopic (exact) mass is 443 g/mol. The third kappa shape index (κ3) is 4.59. The molecule has 3 atom stereocenters. The van der Waals surface area contributed by atoms with Crippen molar-refractivity contribution in [1.82, 2.24) is 19.8 Å². The first kappa shape index (κ1) is 21.9. The van der Waals surface area contributed by atoms with E-state index in [2.05, 4.69) is 46.3 Å². The molecule has 1 saturated heterocycles. The first-order valence-electron chi connectivity index (χ1n) is 12.2. The van der Waals surface area contributed by atoms with Gasteiger partial charge in [0.2, 0.25) is 0 Å². The quantitative estimate of drug-likeness (QED) is 0.631. The third-order valence-corrected chi connectivity index (χ3v) is 7.11. The third-order valence-electron chi connectivity index (χ3n) is 7.11. The fourth-order valence-corrected chi connectivity index (χ4v) is 5.37. The Morgan fingerprint density at radius 2 is 1.76 bits per heavy atom. The van der Waals surface area contributed by atoms with E-state index in [4.69, 9.17) is 10.7 Å². The molecule has 1 aliphatic heterocycles. The highest BCUT2D eigenvalue weighted by Gasteiger charge is 2.33. The van der Waals surface area contributed by atoms with Crippen molar-refractivity contribution in [1.29, 1.82) is 0 Å². The van der Waals surface area contributed by atoms with Gasteiger partial charge in [-0.3, -0.25) is 4.79 Å². The largest absolute Gasteiger partial charge is 0.331 e. The molecule has 3 aromatic rings. The summed E-state index contributed by atoms with van der Waals surface area (Å²) in [4.78, 5) is 20.7. The second kappa shape index (κ2) is 9.89. The maximum Gasteiger partial charge on any atom is 0.275 e. The zero-order valence-corrected chi connectivity index (χ0v) is 19.1. The number of carbonyl (C=O) groups excluding carboxylic acids is 1. The molecule has 2 fully saturated rings. The lowest BCUT2D eigenvalue weighted by Crippen LogP contribution is -2.54. The predicted octanol–water partition coefficient (Wildman–Crippen LogP) is 3.65. The van der Waals surface area contributed by atoms with Gasteiger partial charge in [-0.2, -0.15) is 0 Å². The number of hydrogen-bond donors (Lipinski definition) is 2. The fourth-order valence-electron chi connectivity index (χ4n) is 5.37. The molecule has 1 aromatic heterocycles. The molecule has 1 amide bonds. The second-order valence-corrected chi connectivity index (χ2v) is 9.28. The molecule has 0 bridgehead atoms. The van der Waals surface area contributed by atoms with E-state index < -0.39 is 0 Å². The van der Waals surface area contributed by atoms with Gasteiger partial charge >= 0.3 is 0 Å². The van der Waals surface area contributed by atoms with Crippen LogP contribution in [-0.2, 0) is 6.42 Å². The SMILES string of the molecule is N[C@@H]1CCCC[C@@H]1n1cnc(C(=O)N2CCNC[C@H]2Cc2ccccc2)c1-c1ccccc1. The van der Waals surface area contributed by atoms with Crippen LogP contribution >= 0.6 is 0 Å². The van der Waals surface area contributed by atoms with Gasteiger partial charge in [0.05, 0.1) is 18.1 Å². The summed E-state index contributed by atoms with van der Waals surface area (Å²) in [7, 11) is 0. The molecule has 0 spiro atoms. The first-order chi connectivity index (χ1) is 16.2. The molecule has 5 rings (SSSR count). The molecule has 1 aliphatic carbocycles. The topological polar surface area (TPSA) is 76.2 Å². The lowest BCUT2D eigenvalue weighted by molar-refractivity contribution is 0.0631. The van der Waals surface area contributed by atoms with Gasteiger partial charge in [0.25, 0.3) is 5.91 Å². The number of aromatic nitrogens is 2. The number of hydrogen-bond acceptors (Lipinski definition) is 4. The van der Waals surface area contributed by atoms with Crippen molar-refractivity contribution in [3.8, 4) is 11.3 Å². The smallest absolute Gasteiger partial charge is 0.275 e. The lowest BCUT2D eigenvalue weighted by Gasteiger charge is -2.36. The molecule has 1 saturated carbocycles. The highest BCUT2D eigenvalue weighted by atomic mass is 16.2. The van der Waals surface area contributed by atoms with Crippen molar-refractivity contribution in [2.45, 2.75) is 50.2 Å². The summed E-state index contributed by atoms with van der Waals surface area (Å²) >= 11 is 0. The Morgan fingerprint density at radius 1 is 1.03 bits per heavy atom. The maximum absolute atomic E-state index is 14.0. The van der Waals surface area contributed by atoms with Crippen LogP contribution in [0.1, 0.15) is 47.8 Å². The summed E-state index contributed by atoms with van der Waals surface area (Å²) in [6.45, 7) is 2.27. The van der Waals surface area contributed by atoms with Crippen LogP contribution in [0.5, 0.6) is 0 Å². The van der Waals surface area contributed by atoms with Gasteiger partial charge in [0.1, 0.15) is 0 Å². The Bertz CT molecular complexity index is 1060. The van der Waals surface area contributed by atoms with Crippen LogP contribution in [-0.4, -0.2) is 52.1 Å². The van der Waals surface area contributed by atoms with E-state index in [1.165, 1.54) is 12.0 Å². The van der Waals surface area contributed by atoms with Gasteiger partial charge < -0.3 is 20.5 Å². The molecule has 6 nitrogen and oxygen atoms in total. The van der Waals surface area contributed by atoms with E-state index in [0.29, 0.717) is 12.2 Å². The molecular weight excluding hydrogens is 410 g/mol. The van der Waals surface area contributed by atoms with Crippen molar-refractivity contribution in [3.63, 3.8) is 0 Å². The number of nitrogens with zero attached hydrogens (tertiary/aromatic N) is 3. The van der Waals surface area contributed by atoms with Gasteiger partial charge in [-0.25, -0.2) is 4.98 Å². The summed E-state index contributed by atoms with van der Waals surface area (Å²) in [5, 5.41) is 3.46. The number of nitrogens with two attached hydrogens (primary N) is 1. The number of benzene rings is 2. The standard InChI is InChI=1S/C27H33N5O/c28-23-13-7-8-14-24(23)32-19-30-25(26(32)21-11-5-2-6-12-21)27(33)31-16-15-29-18-22(31)17-20-9-3-1-4-10-20/h1-6,9-12,19,22-24,29H,7-8,13-18,28H2/t22-,23-,24+/m1/s1. The van der Waals surface area contributed by atoms with Crippen LogP contribution in [0, 0.1) is 0 Å². The summed E-state index contributed by atoms with van der Waals surface area (Å²) in [6, 6.07) is 20.9. The van der Waals surface area contributed by atoms with Crippen LogP contribution in [0.3, 0.4) is 0 Å². The van der Waals surface area contributed by atoms with Gasteiger partial charge in [-0.15, -0.1) is 0 Å². The second-order valence-electron chi connectivity index (χ2n) is 9.28. The zero-order valence-electron chi connectivity index (χ0n) is 19.1. The predicted molar refractivity (Wildman–Crippen MR) is 131 cm³/mol. The van der Waals surface area contributed by atoms with Crippen LogP contribution in [0.15, 0.2) is 67.0 Å². The molecular formula is C27H33N5O. The number of amides is 1. The van der Waals surface area contributed by atoms with Crippen LogP contribution in [0.4, 0.5) is 0 Å². The van der Waals surface area contributed by atoms with E-state index in [1.807, 2.05) is 35.5 Å². The van der Waals surface area contributed by atoms with Crippen LogP contribution in [0.25, 0.3) is 11.3 Å². The minimum absolute atomic E-state index is 0.0133. The Kier molecular flexibility index (Phi) is 6.55. The molecule has 6 heteroatoms. The molecule has 2 heterocycles. The highest BCUT2D eigenvalue weighted by molar-refractivity contribution is 5.98. The molecule has 0 unspecified atom stereocenters. The molecule has 33 heavy (non-hydrogen) atoms. The van der Waals surface area contributed by atoms with E-state index >= 15 is 0 Å². The molecule has 172 valence electrons. The normalized spacial score (nSPS) is 23.4. The minimum atomic E-state index is 0.0133. The zero-order chi connectivity index (χ0) is 22.6. The van der Waals surface area contributed by atoms with Crippen LogP contribution in [0.2, 0.25) is 0 Å². The summed E-state index contributed by atoms with van der Waals surface area (Å²) in [5.74, 6) is 0.0133. The van der Waals surface area contributed by atoms with E-state index in [9.17, 15) is 4.79 Å². The van der Waals surface area contributed by atoms with Crippen molar-refractivity contribution in [2.24, 2.45) is 5.73 Å². The van der Waals surface area contributed by atoms with E-state index in [1.54, 1.807) is 0 Å². The molecule has 3 N–H and O–H groups in total. The fraction of sp³-hybridized carbons (Fsp3) is 0.407. The van der Waals surface area contributed by atoms with Gasteiger partial charge in [0.15, 0.2) is 5.69 Å². The van der Waals surface area contributed by atoms with Gasteiger partial charge in [-0.1, -0.05) is 73.5 Å². The van der Waals surface area contributed by atoms with Crippen molar-refractivity contribution in [2.75, 3.05) is 19.6 Å². The number of piperazine rings is 1. The van der Waals surface area contributed by atoms with Gasteiger partial charge in [-0.05, 0) is 24.8 Å². The number of imidazole rings is 1. The number of carbonyl (C=O) groups is 1. The first-order valence-corrected chi connectivity index (χ1v) is 12.2. The molecule has 0 radical (unpaired) electrons. The summed E-state index contributed by atoms with van der Waals surface area (Å²) in [5.41, 5.74) is 10.2. The average Bonchev–Trinajstić information content (AvgIpc) is 3.30. The lowest BCUT2D eigenvalue weighted by atomic mass is 9.90. The van der Waals surface area contributed by atoms with Crippen molar-refractivity contribution >= 4 is 5.91 Å². The van der Waals surface area contributed by atoms with Crippen LogP contribution < -0.4 is 11.1 Å². The van der Waals surface area contributed by atoms with E-state index in [-0.39, 0.29) is 24.0 Å². The maximum atomic E-state index is 14.0. The number of rotatable bonds is 5. The molecule has 2 aliphatic rings. The summed E-state index contributed by atoms with van der Waals surface area (Å²) in [6.07, 6.45) is 7.03. The highest BCUT2D eigenvalue weighted by Crippen LogP contribution is 2.34.